The van der Waals surface area contributed by atoms with Gasteiger partial charge in [-0.1, -0.05) is 55.5 Å². The van der Waals surface area contributed by atoms with Gasteiger partial charge in [0.2, 0.25) is 0 Å². The van der Waals surface area contributed by atoms with Gasteiger partial charge >= 0.3 is 0 Å². The lowest BCUT2D eigenvalue weighted by atomic mass is 10.0. The van der Waals surface area contributed by atoms with Crippen LogP contribution in [0.15, 0.2) is 78.9 Å². The molecule has 0 saturated heterocycles. The number of benzene rings is 3. The molecule has 0 unspecified atom stereocenters. The first kappa shape index (κ1) is 22.0. The van der Waals surface area contributed by atoms with Crippen molar-refractivity contribution < 1.29 is 14.3 Å². The van der Waals surface area contributed by atoms with E-state index < -0.39 is 5.91 Å². The Morgan fingerprint density at radius 1 is 0.806 bits per heavy atom. The van der Waals surface area contributed by atoms with Gasteiger partial charge in [0.05, 0.1) is 6.61 Å². The summed E-state index contributed by atoms with van der Waals surface area (Å²) in [6.07, 6.45) is 0.874. The number of thiocarbonyl (C=S) groups is 1. The van der Waals surface area contributed by atoms with Crippen LogP contribution in [-0.2, 0) is 0 Å². The van der Waals surface area contributed by atoms with Crippen molar-refractivity contribution in [1.29, 1.82) is 0 Å². The van der Waals surface area contributed by atoms with Crippen molar-refractivity contribution in [3.05, 3.63) is 90.0 Å². The van der Waals surface area contributed by atoms with Crippen LogP contribution in [0.4, 0.5) is 0 Å². The highest BCUT2D eigenvalue weighted by atomic mass is 32.1. The van der Waals surface area contributed by atoms with Crippen LogP contribution in [0.5, 0.6) is 5.75 Å². The Balaban J connectivity index is 1.51. The standard InChI is InChI=1S/C24H23N3O3S/c1-2-15-30-21-10-6-9-20(16-21)22(28)25-24(31)27-26-23(29)19-13-11-18(12-14-19)17-7-4-3-5-8-17/h3-14,16H,2,15H2,1H3,(H,26,29)(H2,25,27,28,31). The summed E-state index contributed by atoms with van der Waals surface area (Å²) in [7, 11) is 0. The average Bonchev–Trinajstić information content (AvgIpc) is 2.82. The van der Waals surface area contributed by atoms with E-state index in [0.717, 1.165) is 17.5 Å². The number of hydrogen-bond donors (Lipinski definition) is 3. The number of rotatable bonds is 6. The molecule has 0 aliphatic carbocycles. The maximum atomic E-state index is 12.4. The third kappa shape index (κ3) is 6.38. The van der Waals surface area contributed by atoms with Gasteiger partial charge in [0.25, 0.3) is 11.8 Å². The van der Waals surface area contributed by atoms with E-state index in [1.165, 1.54) is 0 Å². The number of hydrazine groups is 1. The molecule has 0 spiro atoms. The molecule has 3 rings (SSSR count). The maximum absolute atomic E-state index is 12.4. The molecule has 0 saturated carbocycles. The molecule has 0 fully saturated rings. The summed E-state index contributed by atoms with van der Waals surface area (Å²) in [5.41, 5.74) is 7.98. The molecule has 0 atom stereocenters. The van der Waals surface area contributed by atoms with Crippen molar-refractivity contribution in [3.8, 4) is 16.9 Å². The lowest BCUT2D eigenvalue weighted by Crippen LogP contribution is -2.48. The molecule has 3 N–H and O–H groups in total. The number of amides is 2. The Labute approximate surface area is 186 Å². The van der Waals surface area contributed by atoms with Gasteiger partial charge in [0.1, 0.15) is 5.75 Å². The zero-order chi connectivity index (χ0) is 22.1. The monoisotopic (exact) mass is 433 g/mol. The molecule has 0 aliphatic heterocycles. The fraction of sp³-hybridized carbons (Fsp3) is 0.125. The lowest BCUT2D eigenvalue weighted by Gasteiger charge is -2.12. The molecule has 3 aromatic carbocycles. The van der Waals surface area contributed by atoms with Gasteiger partial charge in [-0.15, -0.1) is 0 Å². The minimum Gasteiger partial charge on any atom is -0.494 e. The fourth-order valence-corrected chi connectivity index (χ4v) is 2.93. The predicted octanol–water partition coefficient (Wildman–Crippen LogP) is 4.09. The van der Waals surface area contributed by atoms with Crippen molar-refractivity contribution >= 4 is 29.1 Å². The zero-order valence-corrected chi connectivity index (χ0v) is 17.9. The molecule has 0 radical (unpaired) electrons. The highest BCUT2D eigenvalue weighted by Gasteiger charge is 2.11. The van der Waals surface area contributed by atoms with Crippen LogP contribution < -0.4 is 20.9 Å². The smallest absolute Gasteiger partial charge is 0.269 e. The molecule has 0 heterocycles. The van der Waals surface area contributed by atoms with Gasteiger partial charge in [-0.25, -0.2) is 0 Å². The van der Waals surface area contributed by atoms with E-state index >= 15 is 0 Å². The maximum Gasteiger partial charge on any atom is 0.269 e. The topological polar surface area (TPSA) is 79.5 Å². The molecule has 31 heavy (non-hydrogen) atoms. The number of carbonyl (C=O) groups is 2. The summed E-state index contributed by atoms with van der Waals surface area (Å²) in [6, 6.07) is 23.9. The van der Waals surface area contributed by atoms with E-state index in [2.05, 4.69) is 16.2 Å². The van der Waals surface area contributed by atoms with Crippen LogP contribution in [-0.4, -0.2) is 23.5 Å². The van der Waals surface area contributed by atoms with Gasteiger partial charge in [-0.2, -0.15) is 0 Å². The number of carbonyl (C=O) groups excluding carboxylic acids is 2. The molecule has 0 aliphatic rings. The summed E-state index contributed by atoms with van der Waals surface area (Å²) in [5.74, 6) is -0.160. The Kier molecular flexibility index (Phi) is 7.73. The lowest BCUT2D eigenvalue weighted by molar-refractivity contribution is 0.0934. The van der Waals surface area contributed by atoms with E-state index in [1.807, 2.05) is 49.4 Å². The Morgan fingerprint density at radius 3 is 2.23 bits per heavy atom. The third-order valence-corrected chi connectivity index (χ3v) is 4.54. The second-order valence-electron chi connectivity index (χ2n) is 6.68. The molecule has 3 aromatic rings. The van der Waals surface area contributed by atoms with Crippen LogP contribution in [0.2, 0.25) is 0 Å². The van der Waals surface area contributed by atoms with Crippen LogP contribution in [0.25, 0.3) is 11.1 Å². The van der Waals surface area contributed by atoms with Crippen LogP contribution in [0.3, 0.4) is 0 Å². The Hall–Kier alpha value is -3.71. The van der Waals surface area contributed by atoms with Crippen molar-refractivity contribution in [2.75, 3.05) is 6.61 Å². The largest absolute Gasteiger partial charge is 0.494 e. The van der Waals surface area contributed by atoms with Crippen molar-refractivity contribution in [2.24, 2.45) is 0 Å². The highest BCUT2D eigenvalue weighted by molar-refractivity contribution is 7.80. The molecule has 0 bridgehead atoms. The second kappa shape index (κ2) is 10.9. The van der Waals surface area contributed by atoms with E-state index in [-0.39, 0.29) is 11.0 Å². The zero-order valence-electron chi connectivity index (χ0n) is 17.1. The van der Waals surface area contributed by atoms with E-state index in [9.17, 15) is 9.59 Å². The average molecular weight is 434 g/mol. The van der Waals surface area contributed by atoms with Crippen molar-refractivity contribution in [1.82, 2.24) is 16.2 Å². The van der Waals surface area contributed by atoms with Gasteiger partial charge in [0, 0.05) is 11.1 Å². The molecular weight excluding hydrogens is 410 g/mol. The summed E-state index contributed by atoms with van der Waals surface area (Å²) in [6.45, 7) is 2.58. The first-order valence-electron chi connectivity index (χ1n) is 9.87. The summed E-state index contributed by atoms with van der Waals surface area (Å²) in [5, 5.41) is 2.51. The van der Waals surface area contributed by atoms with Crippen LogP contribution in [0.1, 0.15) is 34.1 Å². The fourth-order valence-electron chi connectivity index (χ4n) is 2.78. The van der Waals surface area contributed by atoms with Crippen LogP contribution >= 0.6 is 12.2 Å². The molecule has 6 nitrogen and oxygen atoms in total. The van der Waals surface area contributed by atoms with Gasteiger partial charge in [-0.05, 0) is 60.1 Å². The highest BCUT2D eigenvalue weighted by Crippen LogP contribution is 2.19. The van der Waals surface area contributed by atoms with Crippen molar-refractivity contribution in [2.45, 2.75) is 13.3 Å². The van der Waals surface area contributed by atoms with E-state index in [1.54, 1.807) is 36.4 Å². The van der Waals surface area contributed by atoms with Gasteiger partial charge in [0.15, 0.2) is 5.11 Å². The number of hydrogen-bond acceptors (Lipinski definition) is 4. The normalized spacial score (nSPS) is 10.1. The Morgan fingerprint density at radius 2 is 1.52 bits per heavy atom. The second-order valence-corrected chi connectivity index (χ2v) is 7.09. The molecule has 158 valence electrons. The van der Waals surface area contributed by atoms with E-state index in [4.69, 9.17) is 17.0 Å². The summed E-state index contributed by atoms with van der Waals surface area (Å²) >= 11 is 5.10. The van der Waals surface area contributed by atoms with E-state index in [0.29, 0.717) is 23.5 Å². The minimum absolute atomic E-state index is 0.0147. The predicted molar refractivity (Wildman–Crippen MR) is 125 cm³/mol. The first-order valence-corrected chi connectivity index (χ1v) is 10.3. The Bertz CT molecular complexity index is 1050. The van der Waals surface area contributed by atoms with Crippen LogP contribution in [0, 0.1) is 0 Å². The molecule has 0 aromatic heterocycles. The number of nitrogens with one attached hydrogen (secondary N) is 3. The summed E-state index contributed by atoms with van der Waals surface area (Å²) < 4.78 is 5.53. The third-order valence-electron chi connectivity index (χ3n) is 4.34. The molecular formula is C24H23N3O3S. The minimum atomic E-state index is -0.402. The van der Waals surface area contributed by atoms with Gasteiger partial charge < -0.3 is 4.74 Å². The first-order chi connectivity index (χ1) is 15.1. The molecule has 7 heteroatoms. The summed E-state index contributed by atoms with van der Waals surface area (Å²) in [4.78, 5) is 24.7. The SMILES string of the molecule is CCCOc1cccc(C(=O)NC(=S)NNC(=O)c2ccc(-c3ccccc3)cc2)c1. The number of ether oxygens (including phenoxy) is 1. The quantitative estimate of drug-likeness (QED) is 0.403. The van der Waals surface area contributed by atoms with Gasteiger partial charge in [-0.3, -0.25) is 25.8 Å². The van der Waals surface area contributed by atoms with Crippen molar-refractivity contribution in [3.63, 3.8) is 0 Å². The molecule has 2 amide bonds.